The summed E-state index contributed by atoms with van der Waals surface area (Å²) in [6, 6.07) is 33.7. The molecule has 0 radical (unpaired) electrons. The van der Waals surface area contributed by atoms with Gasteiger partial charge in [-0.05, 0) is 80.2 Å². The monoisotopic (exact) mass is 507 g/mol. The van der Waals surface area contributed by atoms with Crippen molar-refractivity contribution in [3.05, 3.63) is 108 Å². The molecule has 0 saturated carbocycles. The Bertz CT molecular complexity index is 1160. The number of nitrogens with one attached hydrogen (secondary N) is 1. The maximum Gasteiger partial charge on any atom is 0.253 e. The van der Waals surface area contributed by atoms with Gasteiger partial charge in [0.25, 0.3) is 5.91 Å². The lowest BCUT2D eigenvalue weighted by Crippen LogP contribution is -2.51. The van der Waals surface area contributed by atoms with Crippen molar-refractivity contribution in [1.82, 2.24) is 15.1 Å². The van der Waals surface area contributed by atoms with Crippen LogP contribution in [0.15, 0.2) is 91.0 Å². The highest BCUT2D eigenvalue weighted by molar-refractivity contribution is 5.94. The number of fused-ring (bicyclic) bond motifs is 2. The summed E-state index contributed by atoms with van der Waals surface area (Å²) in [4.78, 5) is 18.1. The molecule has 3 atom stereocenters. The number of likely N-dealkylation sites (tertiary alicyclic amines) is 1. The number of carbonyl (C=O) groups excluding carboxylic acids is 1. The lowest BCUT2D eigenvalue weighted by atomic mass is 9.70. The summed E-state index contributed by atoms with van der Waals surface area (Å²) in [5.41, 5.74) is 3.79. The Morgan fingerprint density at radius 1 is 0.789 bits per heavy atom. The Balaban J connectivity index is 1.09. The summed E-state index contributed by atoms with van der Waals surface area (Å²) in [5, 5.41) is 3.86. The van der Waals surface area contributed by atoms with Crippen molar-refractivity contribution >= 4 is 5.91 Å². The molecule has 3 saturated heterocycles. The first-order valence-electron chi connectivity index (χ1n) is 14.6. The van der Waals surface area contributed by atoms with Crippen LogP contribution < -0.4 is 5.32 Å². The van der Waals surface area contributed by atoms with E-state index in [0.717, 1.165) is 38.0 Å². The summed E-state index contributed by atoms with van der Waals surface area (Å²) in [7, 11) is 0. The Morgan fingerprint density at radius 2 is 1.37 bits per heavy atom. The van der Waals surface area contributed by atoms with Gasteiger partial charge in [-0.25, -0.2) is 0 Å². The first-order valence-corrected chi connectivity index (χ1v) is 14.6. The predicted molar refractivity (Wildman–Crippen MR) is 154 cm³/mol. The van der Waals surface area contributed by atoms with E-state index in [0.29, 0.717) is 18.1 Å². The minimum atomic E-state index is 0.149. The fraction of sp³-hybridized carbons (Fsp3) is 0.441. The van der Waals surface area contributed by atoms with Crippen molar-refractivity contribution in [2.75, 3.05) is 19.6 Å². The number of hydrogen-bond acceptors (Lipinski definition) is 3. The Labute approximate surface area is 228 Å². The average Bonchev–Trinajstić information content (AvgIpc) is 3.23. The normalized spacial score (nSPS) is 24.8. The fourth-order valence-electron chi connectivity index (χ4n) is 7.38. The van der Waals surface area contributed by atoms with Crippen molar-refractivity contribution in [2.24, 2.45) is 0 Å². The first-order chi connectivity index (χ1) is 18.7. The molecule has 3 aromatic carbocycles. The number of hydrogen-bond donors (Lipinski definition) is 1. The van der Waals surface area contributed by atoms with Crippen LogP contribution in [0, 0.1) is 0 Å². The number of nitrogens with zero attached hydrogens (tertiary/aromatic N) is 2. The van der Waals surface area contributed by atoms with Gasteiger partial charge in [0.2, 0.25) is 0 Å². The SMILES string of the molecule is O=C(c1ccccc1)N1CCC(CCN2[C@@H]3CC[C@H]2CC(NCc2ccccc2)C3)(c2ccccc2)CC1. The molecule has 2 bridgehead atoms. The highest BCUT2D eigenvalue weighted by Gasteiger charge is 2.43. The van der Waals surface area contributed by atoms with Crippen LogP contribution in [-0.4, -0.2) is 53.5 Å². The Hall–Kier alpha value is -2.95. The summed E-state index contributed by atoms with van der Waals surface area (Å²) >= 11 is 0. The Morgan fingerprint density at radius 3 is 2.00 bits per heavy atom. The molecule has 4 heteroatoms. The van der Waals surface area contributed by atoms with Crippen LogP contribution in [0.2, 0.25) is 0 Å². The van der Waals surface area contributed by atoms with Gasteiger partial charge in [0.15, 0.2) is 0 Å². The number of rotatable bonds is 8. The zero-order valence-corrected chi connectivity index (χ0v) is 22.5. The van der Waals surface area contributed by atoms with E-state index >= 15 is 0 Å². The quantitative estimate of drug-likeness (QED) is 0.404. The lowest BCUT2D eigenvalue weighted by Gasteiger charge is -2.45. The van der Waals surface area contributed by atoms with E-state index in [4.69, 9.17) is 0 Å². The van der Waals surface area contributed by atoms with Gasteiger partial charge in [0.1, 0.15) is 0 Å². The number of piperidine rings is 2. The van der Waals surface area contributed by atoms with Gasteiger partial charge in [0.05, 0.1) is 0 Å². The maximum absolute atomic E-state index is 13.1. The molecule has 3 heterocycles. The molecule has 1 amide bonds. The van der Waals surface area contributed by atoms with Gasteiger partial charge in [-0.2, -0.15) is 0 Å². The predicted octanol–water partition coefficient (Wildman–Crippen LogP) is 6.04. The van der Waals surface area contributed by atoms with Crippen LogP contribution in [-0.2, 0) is 12.0 Å². The van der Waals surface area contributed by atoms with Crippen molar-refractivity contribution in [2.45, 2.75) is 75.0 Å². The number of benzene rings is 3. The third-order valence-corrected chi connectivity index (χ3v) is 9.59. The molecule has 0 spiro atoms. The zero-order chi connectivity index (χ0) is 25.8. The average molecular weight is 508 g/mol. The van der Waals surface area contributed by atoms with Gasteiger partial charge in [0, 0.05) is 43.3 Å². The Kier molecular flexibility index (Phi) is 7.62. The minimum absolute atomic E-state index is 0.149. The number of amides is 1. The number of carbonyl (C=O) groups is 1. The molecule has 3 aliphatic rings. The van der Waals surface area contributed by atoms with Crippen molar-refractivity contribution in [3.8, 4) is 0 Å². The van der Waals surface area contributed by atoms with Gasteiger partial charge >= 0.3 is 0 Å². The molecule has 3 aromatic rings. The molecular weight excluding hydrogens is 466 g/mol. The smallest absolute Gasteiger partial charge is 0.253 e. The molecule has 1 N–H and O–H groups in total. The van der Waals surface area contributed by atoms with Crippen LogP contribution in [0.1, 0.15) is 66.4 Å². The van der Waals surface area contributed by atoms with E-state index in [1.807, 2.05) is 30.3 Å². The van der Waals surface area contributed by atoms with E-state index in [-0.39, 0.29) is 11.3 Å². The van der Waals surface area contributed by atoms with Gasteiger partial charge in [-0.15, -0.1) is 0 Å². The molecule has 6 rings (SSSR count). The van der Waals surface area contributed by atoms with Crippen LogP contribution in [0.4, 0.5) is 0 Å². The van der Waals surface area contributed by atoms with Gasteiger partial charge < -0.3 is 10.2 Å². The van der Waals surface area contributed by atoms with Crippen LogP contribution >= 0.6 is 0 Å². The maximum atomic E-state index is 13.1. The molecule has 3 aliphatic heterocycles. The van der Waals surface area contributed by atoms with E-state index in [9.17, 15) is 4.79 Å². The molecule has 0 aliphatic carbocycles. The topological polar surface area (TPSA) is 35.6 Å². The van der Waals surface area contributed by atoms with Gasteiger partial charge in [-0.3, -0.25) is 9.69 Å². The zero-order valence-electron chi connectivity index (χ0n) is 22.5. The van der Waals surface area contributed by atoms with Crippen molar-refractivity contribution < 1.29 is 4.79 Å². The molecule has 198 valence electrons. The van der Waals surface area contributed by atoms with Crippen molar-refractivity contribution in [3.63, 3.8) is 0 Å². The second-order valence-electron chi connectivity index (χ2n) is 11.7. The highest BCUT2D eigenvalue weighted by atomic mass is 16.2. The van der Waals surface area contributed by atoms with E-state index in [1.165, 1.54) is 49.8 Å². The molecular formula is C34H41N3O. The van der Waals surface area contributed by atoms with E-state index < -0.39 is 0 Å². The van der Waals surface area contributed by atoms with Crippen molar-refractivity contribution in [1.29, 1.82) is 0 Å². The highest BCUT2D eigenvalue weighted by Crippen LogP contribution is 2.42. The molecule has 1 unspecified atom stereocenters. The fourth-order valence-corrected chi connectivity index (χ4v) is 7.38. The molecule has 3 fully saturated rings. The minimum Gasteiger partial charge on any atom is -0.339 e. The second-order valence-corrected chi connectivity index (χ2v) is 11.7. The molecule has 4 nitrogen and oxygen atoms in total. The second kappa shape index (κ2) is 11.4. The standard InChI is InChI=1S/C34H41N3O/c38-33(28-12-6-2-7-13-28)36-21-18-34(19-22-36,29-14-8-3-9-15-29)20-23-37-31-16-17-32(37)25-30(24-31)35-26-27-10-4-1-5-11-27/h1-15,30-32,35H,16-26H2/t30?,31-,32+. The summed E-state index contributed by atoms with van der Waals surface area (Å²) in [5.74, 6) is 0.176. The molecule has 0 aromatic heterocycles. The van der Waals surface area contributed by atoms with Gasteiger partial charge in [-0.1, -0.05) is 78.9 Å². The summed E-state index contributed by atoms with van der Waals surface area (Å²) in [6.07, 6.45) is 8.47. The van der Waals surface area contributed by atoms with Crippen LogP contribution in [0.5, 0.6) is 0 Å². The first kappa shape index (κ1) is 25.3. The molecule has 38 heavy (non-hydrogen) atoms. The van der Waals surface area contributed by atoms with Crippen LogP contribution in [0.25, 0.3) is 0 Å². The van der Waals surface area contributed by atoms with E-state index in [1.54, 1.807) is 0 Å². The third-order valence-electron chi connectivity index (χ3n) is 9.59. The van der Waals surface area contributed by atoms with Crippen LogP contribution in [0.3, 0.4) is 0 Å². The lowest BCUT2D eigenvalue weighted by molar-refractivity contribution is 0.0615. The van der Waals surface area contributed by atoms with E-state index in [2.05, 4.69) is 75.8 Å². The third kappa shape index (κ3) is 5.43. The summed E-state index contributed by atoms with van der Waals surface area (Å²) < 4.78 is 0. The summed E-state index contributed by atoms with van der Waals surface area (Å²) in [6.45, 7) is 3.81. The largest absolute Gasteiger partial charge is 0.339 e.